The van der Waals surface area contributed by atoms with Crippen LogP contribution in [0.25, 0.3) is 11.0 Å². The quantitative estimate of drug-likeness (QED) is 0.180. The molecule has 0 saturated heterocycles. The first kappa shape index (κ1) is 29.0. The molecule has 0 radical (unpaired) electrons. The number of methoxy groups -OCH3 is 2. The summed E-state index contributed by atoms with van der Waals surface area (Å²) in [5, 5.41) is 3.04. The maximum absolute atomic E-state index is 12.4. The Morgan fingerprint density at radius 1 is 0.875 bits per heavy atom. The monoisotopic (exact) mass is 543 g/mol. The zero-order valence-corrected chi connectivity index (χ0v) is 24.2. The second-order valence-corrected chi connectivity index (χ2v) is 10.2. The highest BCUT2D eigenvalue weighted by molar-refractivity contribution is 5.78. The number of imidazole rings is 1. The Morgan fingerprint density at radius 3 is 2.42 bits per heavy atom. The average Bonchev–Trinajstić information content (AvgIpc) is 3.29. The molecule has 0 aliphatic rings. The molecule has 0 spiro atoms. The van der Waals surface area contributed by atoms with Crippen molar-refractivity contribution in [3.8, 4) is 17.2 Å². The molecule has 1 aromatic heterocycles. The first-order valence-corrected chi connectivity index (χ1v) is 14.1. The summed E-state index contributed by atoms with van der Waals surface area (Å²) in [7, 11) is 3.20. The first-order chi connectivity index (χ1) is 19.5. The van der Waals surface area contributed by atoms with Gasteiger partial charge in [-0.25, -0.2) is 4.98 Å². The number of nitrogens with one attached hydrogen (secondary N) is 1. The molecule has 0 atom stereocenters. The summed E-state index contributed by atoms with van der Waals surface area (Å²) in [6.07, 6.45) is 5.11. The highest BCUT2D eigenvalue weighted by Crippen LogP contribution is 2.27. The predicted molar refractivity (Wildman–Crippen MR) is 160 cm³/mol. The lowest BCUT2D eigenvalue weighted by molar-refractivity contribution is -0.120. The van der Waals surface area contributed by atoms with Crippen molar-refractivity contribution < 1.29 is 19.0 Å². The number of para-hydroxylation sites is 2. The van der Waals surface area contributed by atoms with E-state index in [4.69, 9.17) is 19.2 Å². The van der Waals surface area contributed by atoms with Gasteiger partial charge in [0.15, 0.2) is 11.5 Å². The lowest BCUT2D eigenvalue weighted by Crippen LogP contribution is -2.26. The van der Waals surface area contributed by atoms with Crippen LogP contribution in [0.5, 0.6) is 17.2 Å². The zero-order valence-electron chi connectivity index (χ0n) is 24.2. The highest BCUT2D eigenvalue weighted by Gasteiger charge is 2.11. The molecule has 0 aliphatic heterocycles. The maximum atomic E-state index is 12.4. The van der Waals surface area contributed by atoms with Crippen LogP contribution in [-0.4, -0.2) is 42.8 Å². The number of aryl methyl sites for hydroxylation is 4. The van der Waals surface area contributed by atoms with Crippen molar-refractivity contribution in [2.24, 2.45) is 0 Å². The number of nitrogens with zero attached hydrogens (tertiary/aromatic N) is 2. The van der Waals surface area contributed by atoms with Crippen LogP contribution in [0.3, 0.4) is 0 Å². The molecular formula is C33H41N3O4. The number of carbonyl (C=O) groups is 1. The highest BCUT2D eigenvalue weighted by atomic mass is 16.5. The van der Waals surface area contributed by atoms with Gasteiger partial charge in [0, 0.05) is 19.5 Å². The van der Waals surface area contributed by atoms with Crippen molar-refractivity contribution in [3.63, 3.8) is 0 Å². The van der Waals surface area contributed by atoms with Gasteiger partial charge in [-0.2, -0.15) is 0 Å². The van der Waals surface area contributed by atoms with Gasteiger partial charge in [0.1, 0.15) is 11.6 Å². The van der Waals surface area contributed by atoms with Crippen molar-refractivity contribution in [1.29, 1.82) is 0 Å². The van der Waals surface area contributed by atoms with Crippen LogP contribution >= 0.6 is 0 Å². The zero-order chi connectivity index (χ0) is 28.3. The second kappa shape index (κ2) is 14.4. The molecule has 3 aromatic carbocycles. The van der Waals surface area contributed by atoms with Crippen LogP contribution in [0.4, 0.5) is 0 Å². The van der Waals surface area contributed by atoms with E-state index >= 15 is 0 Å². The van der Waals surface area contributed by atoms with E-state index in [1.807, 2.05) is 24.3 Å². The van der Waals surface area contributed by atoms with E-state index < -0.39 is 0 Å². The molecule has 0 fully saturated rings. The smallest absolute Gasteiger partial charge is 0.224 e. The van der Waals surface area contributed by atoms with Crippen LogP contribution in [-0.2, 0) is 24.2 Å². The summed E-state index contributed by atoms with van der Waals surface area (Å²) in [5.74, 6) is 3.35. The average molecular weight is 544 g/mol. The van der Waals surface area contributed by atoms with E-state index in [1.54, 1.807) is 14.2 Å². The Labute approximate surface area is 237 Å². The van der Waals surface area contributed by atoms with Gasteiger partial charge in [-0.15, -0.1) is 0 Å². The summed E-state index contributed by atoms with van der Waals surface area (Å²) >= 11 is 0. The molecule has 212 valence electrons. The number of carbonyl (C=O) groups excluding carboxylic acids is 1. The lowest BCUT2D eigenvalue weighted by Gasteiger charge is -2.12. The molecule has 1 heterocycles. The Balaban J connectivity index is 1.21. The minimum Gasteiger partial charge on any atom is -0.494 e. The number of ether oxygens (including phenoxy) is 3. The van der Waals surface area contributed by atoms with E-state index in [0.717, 1.165) is 61.3 Å². The van der Waals surface area contributed by atoms with Gasteiger partial charge in [0.2, 0.25) is 5.91 Å². The Bertz CT molecular complexity index is 1390. The Morgan fingerprint density at radius 2 is 1.65 bits per heavy atom. The van der Waals surface area contributed by atoms with Crippen molar-refractivity contribution in [2.45, 2.75) is 58.9 Å². The Kier molecular flexibility index (Phi) is 10.4. The molecule has 0 aliphatic carbocycles. The fourth-order valence-corrected chi connectivity index (χ4v) is 5.05. The number of hydrogen-bond donors (Lipinski definition) is 1. The third kappa shape index (κ3) is 8.01. The minimum absolute atomic E-state index is 0.0112. The first-order valence-electron chi connectivity index (χ1n) is 14.1. The fourth-order valence-electron chi connectivity index (χ4n) is 5.05. The molecule has 0 unspecified atom stereocenters. The number of benzene rings is 3. The van der Waals surface area contributed by atoms with Gasteiger partial charge >= 0.3 is 0 Å². The summed E-state index contributed by atoms with van der Waals surface area (Å²) in [6, 6.07) is 20.2. The Hall–Kier alpha value is -4.00. The van der Waals surface area contributed by atoms with Gasteiger partial charge in [0.05, 0.1) is 38.3 Å². The fraction of sp³-hybridized carbons (Fsp3) is 0.394. The topological polar surface area (TPSA) is 74.6 Å². The van der Waals surface area contributed by atoms with E-state index in [9.17, 15) is 4.79 Å². The van der Waals surface area contributed by atoms with Gasteiger partial charge in [-0.3, -0.25) is 4.79 Å². The van der Waals surface area contributed by atoms with Crippen LogP contribution in [0.15, 0.2) is 60.7 Å². The molecule has 40 heavy (non-hydrogen) atoms. The molecule has 0 bridgehead atoms. The summed E-state index contributed by atoms with van der Waals surface area (Å²) in [4.78, 5) is 17.3. The lowest BCUT2D eigenvalue weighted by atomic mass is 10.1. The third-order valence-electron chi connectivity index (χ3n) is 6.94. The van der Waals surface area contributed by atoms with Gasteiger partial charge in [-0.1, -0.05) is 30.7 Å². The number of hydrogen-bond acceptors (Lipinski definition) is 5. The van der Waals surface area contributed by atoms with Crippen LogP contribution < -0.4 is 19.5 Å². The van der Waals surface area contributed by atoms with Crippen molar-refractivity contribution >= 4 is 16.9 Å². The maximum Gasteiger partial charge on any atom is 0.224 e. The van der Waals surface area contributed by atoms with Crippen LogP contribution in [0.1, 0.15) is 48.2 Å². The van der Waals surface area contributed by atoms with Crippen LogP contribution in [0, 0.1) is 13.8 Å². The van der Waals surface area contributed by atoms with Gasteiger partial charge in [-0.05, 0) is 86.2 Å². The summed E-state index contributed by atoms with van der Waals surface area (Å²) < 4.78 is 19.0. The SMILES string of the molecule is COc1ccc(CC(=O)NCCCCCc2nc3ccccc3n2CCCOc2cc(C)cc(C)c2)cc1OC. The summed E-state index contributed by atoms with van der Waals surface area (Å²) in [6.45, 7) is 6.39. The molecule has 4 rings (SSSR count). The van der Waals surface area contributed by atoms with Crippen molar-refractivity contribution in [2.75, 3.05) is 27.4 Å². The van der Waals surface area contributed by atoms with E-state index in [-0.39, 0.29) is 5.91 Å². The van der Waals surface area contributed by atoms with Gasteiger partial charge < -0.3 is 24.1 Å². The standard InChI is InChI=1S/C33H41N3O4/c1-24-19-25(2)21-27(20-24)40-18-10-17-36-29-12-8-7-11-28(29)35-32(36)13-6-5-9-16-34-33(37)23-26-14-15-30(38-3)31(22-26)39-4/h7-8,11-12,14-15,19-22H,5-6,9-10,13,16-18,23H2,1-4H3,(H,34,37). The molecule has 1 N–H and O–H groups in total. The molecule has 7 nitrogen and oxygen atoms in total. The molecule has 4 aromatic rings. The van der Waals surface area contributed by atoms with E-state index in [2.05, 4.69) is 60.1 Å². The number of fused-ring (bicyclic) bond motifs is 1. The summed E-state index contributed by atoms with van der Waals surface area (Å²) in [5.41, 5.74) is 5.54. The van der Waals surface area contributed by atoms with Crippen molar-refractivity contribution in [1.82, 2.24) is 14.9 Å². The largest absolute Gasteiger partial charge is 0.494 e. The van der Waals surface area contributed by atoms with E-state index in [0.29, 0.717) is 31.1 Å². The molecule has 7 heteroatoms. The number of amides is 1. The normalized spacial score (nSPS) is 11.0. The molecule has 0 saturated carbocycles. The minimum atomic E-state index is 0.0112. The molecular weight excluding hydrogens is 502 g/mol. The van der Waals surface area contributed by atoms with E-state index in [1.165, 1.54) is 16.6 Å². The van der Waals surface area contributed by atoms with Crippen molar-refractivity contribution in [3.05, 3.63) is 83.2 Å². The number of unbranched alkanes of at least 4 members (excludes halogenated alkanes) is 2. The van der Waals surface area contributed by atoms with Crippen LogP contribution in [0.2, 0.25) is 0 Å². The predicted octanol–water partition coefficient (Wildman–Crippen LogP) is 6.21. The number of rotatable bonds is 15. The number of aromatic nitrogens is 2. The van der Waals surface area contributed by atoms with Gasteiger partial charge in [0.25, 0.3) is 0 Å². The third-order valence-corrected chi connectivity index (χ3v) is 6.94. The molecule has 1 amide bonds. The second-order valence-electron chi connectivity index (χ2n) is 10.2.